The molecule has 120 valence electrons. The Kier molecular flexibility index (Phi) is 3.60. The van der Waals surface area contributed by atoms with Crippen molar-refractivity contribution in [3.63, 3.8) is 0 Å². The molecule has 7 heteroatoms. The molecule has 1 aliphatic rings. The Morgan fingerprint density at radius 1 is 1.39 bits per heavy atom. The number of hydrogen-bond acceptors (Lipinski definition) is 5. The number of imidazole rings is 1. The van der Waals surface area contributed by atoms with Crippen molar-refractivity contribution in [1.82, 2.24) is 14.5 Å². The van der Waals surface area contributed by atoms with Crippen molar-refractivity contribution in [2.45, 2.75) is 39.5 Å². The summed E-state index contributed by atoms with van der Waals surface area (Å²) in [7, 11) is 0. The highest BCUT2D eigenvalue weighted by Gasteiger charge is 2.28. The molecule has 0 atom stereocenters. The standard InChI is InChI=1S/C16H18N4O3/c1-16(2,3)23-15(21)19-6-7-20-12(9-18-14(20)10-19)13-5-4-11(8-17)22-13/h4-5,9H,6-7,10H2,1-3H3. The van der Waals surface area contributed by atoms with E-state index in [-0.39, 0.29) is 11.9 Å². The van der Waals surface area contributed by atoms with Gasteiger partial charge in [0.2, 0.25) is 5.76 Å². The molecule has 7 nitrogen and oxygen atoms in total. The molecule has 0 unspecified atom stereocenters. The molecule has 3 heterocycles. The summed E-state index contributed by atoms with van der Waals surface area (Å²) in [5.74, 6) is 1.64. The zero-order valence-corrected chi connectivity index (χ0v) is 13.4. The first-order chi connectivity index (χ1) is 10.9. The van der Waals surface area contributed by atoms with Gasteiger partial charge in [0.15, 0.2) is 5.76 Å². The summed E-state index contributed by atoms with van der Waals surface area (Å²) in [6, 6.07) is 5.35. The number of hydrogen-bond donors (Lipinski definition) is 0. The maximum absolute atomic E-state index is 12.2. The third-order valence-electron chi connectivity index (χ3n) is 3.48. The van der Waals surface area contributed by atoms with Gasteiger partial charge in [0, 0.05) is 13.1 Å². The van der Waals surface area contributed by atoms with Crippen LogP contribution in [0.5, 0.6) is 0 Å². The first-order valence-corrected chi connectivity index (χ1v) is 7.40. The fraction of sp³-hybridized carbons (Fsp3) is 0.438. The summed E-state index contributed by atoms with van der Waals surface area (Å²) in [5.41, 5.74) is 0.294. The van der Waals surface area contributed by atoms with Crippen LogP contribution >= 0.6 is 0 Å². The lowest BCUT2D eigenvalue weighted by Crippen LogP contribution is -2.41. The highest BCUT2D eigenvalue weighted by molar-refractivity contribution is 5.68. The van der Waals surface area contributed by atoms with Gasteiger partial charge < -0.3 is 13.7 Å². The summed E-state index contributed by atoms with van der Waals surface area (Å²) >= 11 is 0. The summed E-state index contributed by atoms with van der Waals surface area (Å²) in [5, 5.41) is 8.85. The van der Waals surface area contributed by atoms with E-state index in [1.165, 1.54) is 0 Å². The van der Waals surface area contributed by atoms with Crippen LogP contribution in [0, 0.1) is 11.3 Å². The van der Waals surface area contributed by atoms with E-state index in [0.717, 1.165) is 11.5 Å². The number of nitrogens with zero attached hydrogens (tertiary/aromatic N) is 4. The van der Waals surface area contributed by atoms with E-state index in [9.17, 15) is 4.79 Å². The van der Waals surface area contributed by atoms with Crippen LogP contribution in [-0.2, 0) is 17.8 Å². The molecule has 3 rings (SSSR count). The van der Waals surface area contributed by atoms with Crippen LogP contribution in [-0.4, -0.2) is 32.7 Å². The number of amides is 1. The highest BCUT2D eigenvalue weighted by Crippen LogP contribution is 2.26. The Balaban J connectivity index is 1.79. The molecule has 2 aromatic rings. The zero-order chi connectivity index (χ0) is 16.6. The Hall–Kier alpha value is -2.75. The SMILES string of the molecule is CC(C)(C)OC(=O)N1CCn2c(-c3ccc(C#N)o3)cnc2C1. The molecule has 0 saturated heterocycles. The van der Waals surface area contributed by atoms with Crippen molar-refractivity contribution in [2.24, 2.45) is 0 Å². The predicted molar refractivity (Wildman–Crippen MR) is 81.3 cm³/mol. The monoisotopic (exact) mass is 314 g/mol. The molecule has 2 aromatic heterocycles. The highest BCUT2D eigenvalue weighted by atomic mass is 16.6. The number of carbonyl (C=O) groups excluding carboxylic acids is 1. The molecule has 1 amide bonds. The summed E-state index contributed by atoms with van der Waals surface area (Å²) in [6.07, 6.45) is 1.37. The first kappa shape index (κ1) is 15.2. The van der Waals surface area contributed by atoms with Crippen LogP contribution in [0.15, 0.2) is 22.7 Å². The Morgan fingerprint density at radius 2 is 2.17 bits per heavy atom. The van der Waals surface area contributed by atoms with Gasteiger partial charge in [0.1, 0.15) is 23.2 Å². The minimum atomic E-state index is -0.517. The second-order valence-corrected chi connectivity index (χ2v) is 6.39. The third kappa shape index (κ3) is 3.06. The molecule has 0 bridgehead atoms. The molecule has 0 radical (unpaired) electrons. The van der Waals surface area contributed by atoms with Crippen molar-refractivity contribution >= 4 is 6.09 Å². The van der Waals surface area contributed by atoms with Gasteiger partial charge in [-0.3, -0.25) is 4.90 Å². The van der Waals surface area contributed by atoms with Crippen molar-refractivity contribution in [1.29, 1.82) is 5.26 Å². The fourth-order valence-electron chi connectivity index (χ4n) is 2.47. The fourth-order valence-corrected chi connectivity index (χ4v) is 2.47. The Morgan fingerprint density at radius 3 is 2.83 bits per heavy atom. The average Bonchev–Trinajstić information content (AvgIpc) is 3.10. The Bertz CT molecular complexity index is 776. The number of rotatable bonds is 1. The quantitative estimate of drug-likeness (QED) is 0.808. The smallest absolute Gasteiger partial charge is 0.410 e. The molecule has 0 fully saturated rings. The lowest BCUT2D eigenvalue weighted by molar-refractivity contribution is 0.0196. The maximum atomic E-state index is 12.2. The molecular weight excluding hydrogens is 296 g/mol. The molecule has 0 aliphatic carbocycles. The van der Waals surface area contributed by atoms with E-state index in [1.54, 1.807) is 23.2 Å². The van der Waals surface area contributed by atoms with Gasteiger partial charge in [0.05, 0.1) is 12.7 Å². The summed E-state index contributed by atoms with van der Waals surface area (Å²) in [6.45, 7) is 7.07. The minimum Gasteiger partial charge on any atom is -0.444 e. The molecule has 0 spiro atoms. The van der Waals surface area contributed by atoms with Gasteiger partial charge in [0.25, 0.3) is 0 Å². The number of fused-ring (bicyclic) bond motifs is 1. The topological polar surface area (TPSA) is 84.3 Å². The van der Waals surface area contributed by atoms with E-state index in [4.69, 9.17) is 14.4 Å². The summed E-state index contributed by atoms with van der Waals surface area (Å²) in [4.78, 5) is 18.2. The first-order valence-electron chi connectivity index (χ1n) is 7.40. The number of carbonyl (C=O) groups is 1. The predicted octanol–water partition coefficient (Wildman–Crippen LogP) is 2.77. The van der Waals surface area contributed by atoms with Gasteiger partial charge in [-0.1, -0.05) is 0 Å². The molecular formula is C16H18N4O3. The molecule has 0 aromatic carbocycles. The Labute approximate surface area is 134 Å². The van der Waals surface area contributed by atoms with Crippen molar-refractivity contribution in [2.75, 3.05) is 6.54 Å². The van der Waals surface area contributed by atoms with Crippen LogP contribution in [0.2, 0.25) is 0 Å². The lowest BCUT2D eigenvalue weighted by atomic mass is 10.2. The normalized spacial score (nSPS) is 14.3. The second kappa shape index (κ2) is 5.47. The van der Waals surface area contributed by atoms with Crippen molar-refractivity contribution in [3.05, 3.63) is 29.9 Å². The number of aromatic nitrogens is 2. The van der Waals surface area contributed by atoms with Crippen LogP contribution in [0.1, 0.15) is 32.4 Å². The van der Waals surface area contributed by atoms with Crippen LogP contribution in [0.4, 0.5) is 4.79 Å². The van der Waals surface area contributed by atoms with E-state index in [2.05, 4.69) is 4.98 Å². The number of nitriles is 1. The van der Waals surface area contributed by atoms with Gasteiger partial charge in [-0.2, -0.15) is 5.26 Å². The lowest BCUT2D eigenvalue weighted by Gasteiger charge is -2.30. The van der Waals surface area contributed by atoms with Crippen LogP contribution in [0.3, 0.4) is 0 Å². The van der Waals surface area contributed by atoms with Crippen LogP contribution in [0.25, 0.3) is 11.5 Å². The van der Waals surface area contributed by atoms with E-state index in [0.29, 0.717) is 25.4 Å². The third-order valence-corrected chi connectivity index (χ3v) is 3.48. The second-order valence-electron chi connectivity index (χ2n) is 6.39. The number of furan rings is 1. The van der Waals surface area contributed by atoms with E-state index >= 15 is 0 Å². The zero-order valence-electron chi connectivity index (χ0n) is 13.4. The molecule has 23 heavy (non-hydrogen) atoms. The van der Waals surface area contributed by atoms with Gasteiger partial charge >= 0.3 is 6.09 Å². The molecule has 0 saturated carbocycles. The largest absolute Gasteiger partial charge is 0.444 e. The van der Waals surface area contributed by atoms with E-state index in [1.807, 2.05) is 31.4 Å². The van der Waals surface area contributed by atoms with Gasteiger partial charge in [-0.05, 0) is 32.9 Å². The molecule has 1 aliphatic heterocycles. The van der Waals surface area contributed by atoms with Crippen molar-refractivity contribution < 1.29 is 13.9 Å². The van der Waals surface area contributed by atoms with Gasteiger partial charge in [-0.25, -0.2) is 9.78 Å². The summed E-state index contributed by atoms with van der Waals surface area (Å²) < 4.78 is 12.9. The number of ether oxygens (including phenoxy) is 1. The van der Waals surface area contributed by atoms with Gasteiger partial charge in [-0.15, -0.1) is 0 Å². The maximum Gasteiger partial charge on any atom is 0.410 e. The van der Waals surface area contributed by atoms with Crippen LogP contribution < -0.4 is 0 Å². The van der Waals surface area contributed by atoms with Crippen molar-refractivity contribution in [3.8, 4) is 17.5 Å². The van der Waals surface area contributed by atoms with E-state index < -0.39 is 5.60 Å². The average molecular weight is 314 g/mol. The minimum absolute atomic E-state index is 0.266. The molecule has 0 N–H and O–H groups in total.